The van der Waals surface area contributed by atoms with Crippen molar-refractivity contribution < 1.29 is 9.90 Å². The molecule has 0 saturated heterocycles. The van der Waals surface area contributed by atoms with Crippen LogP contribution in [0.5, 0.6) is 0 Å². The Bertz CT molecular complexity index is 362. The van der Waals surface area contributed by atoms with Gasteiger partial charge in [0.05, 0.1) is 5.41 Å². The minimum absolute atomic E-state index is 0.139. The summed E-state index contributed by atoms with van der Waals surface area (Å²) in [6.45, 7) is 6.16. The standard InChI is InChI=1S/C11H18N2O2/c1-9(2)10(3)4-5-11(9,8(14)15)6-7(10)13-12/h4-6,12H2,1-3H3,(H,14,15)/b13-7-/t10-,11-/m0/s1. The number of hydrazone groups is 1. The lowest BCUT2D eigenvalue weighted by atomic mass is 9.65. The van der Waals surface area contributed by atoms with Crippen molar-refractivity contribution in [2.24, 2.45) is 27.2 Å². The van der Waals surface area contributed by atoms with Crippen molar-refractivity contribution in [2.75, 3.05) is 0 Å². The van der Waals surface area contributed by atoms with Crippen molar-refractivity contribution in [1.82, 2.24) is 0 Å². The number of fused-ring (bicyclic) bond motifs is 2. The molecular formula is C11H18N2O2. The van der Waals surface area contributed by atoms with Crippen molar-refractivity contribution in [1.29, 1.82) is 0 Å². The number of hydrogen-bond acceptors (Lipinski definition) is 3. The first-order valence-corrected chi connectivity index (χ1v) is 5.32. The van der Waals surface area contributed by atoms with Crippen LogP contribution in [0.3, 0.4) is 0 Å². The lowest BCUT2D eigenvalue weighted by molar-refractivity contribution is -0.154. The van der Waals surface area contributed by atoms with Gasteiger partial charge in [0.2, 0.25) is 0 Å². The number of aliphatic carboxylic acids is 1. The van der Waals surface area contributed by atoms with Gasteiger partial charge in [-0.3, -0.25) is 4.79 Å². The fourth-order valence-corrected chi connectivity index (χ4v) is 3.55. The van der Waals surface area contributed by atoms with Crippen LogP contribution in [0.1, 0.15) is 40.0 Å². The van der Waals surface area contributed by atoms with Crippen LogP contribution >= 0.6 is 0 Å². The summed E-state index contributed by atoms with van der Waals surface area (Å²) in [5.74, 6) is 4.68. The molecule has 4 heteroatoms. The first kappa shape index (κ1) is 10.5. The Kier molecular flexibility index (Phi) is 1.77. The molecule has 0 amide bonds. The first-order chi connectivity index (χ1) is 6.82. The van der Waals surface area contributed by atoms with Gasteiger partial charge in [-0.25, -0.2) is 0 Å². The summed E-state index contributed by atoms with van der Waals surface area (Å²) < 4.78 is 0. The lowest BCUT2D eigenvalue weighted by Gasteiger charge is -2.37. The third-order valence-corrected chi connectivity index (χ3v) is 5.30. The Morgan fingerprint density at radius 2 is 2.00 bits per heavy atom. The van der Waals surface area contributed by atoms with Gasteiger partial charge < -0.3 is 10.9 Å². The van der Waals surface area contributed by atoms with Crippen molar-refractivity contribution >= 4 is 11.7 Å². The molecule has 2 aliphatic rings. The van der Waals surface area contributed by atoms with Crippen LogP contribution in [0.25, 0.3) is 0 Å². The van der Waals surface area contributed by atoms with E-state index in [0.717, 1.165) is 18.6 Å². The van der Waals surface area contributed by atoms with E-state index in [2.05, 4.69) is 12.0 Å². The normalized spacial score (nSPS) is 44.9. The second-order valence-corrected chi connectivity index (χ2v) is 5.60. The zero-order valence-corrected chi connectivity index (χ0v) is 9.50. The predicted octanol–water partition coefficient (Wildman–Crippen LogP) is 1.60. The summed E-state index contributed by atoms with van der Waals surface area (Å²) in [6, 6.07) is 0. The number of hydrogen-bond donors (Lipinski definition) is 2. The Morgan fingerprint density at radius 1 is 1.40 bits per heavy atom. The highest BCUT2D eigenvalue weighted by molar-refractivity contribution is 6.00. The molecule has 84 valence electrons. The molecule has 4 nitrogen and oxygen atoms in total. The molecule has 0 aliphatic heterocycles. The van der Waals surface area contributed by atoms with Crippen LogP contribution in [0.4, 0.5) is 0 Å². The molecule has 2 bridgehead atoms. The van der Waals surface area contributed by atoms with Gasteiger partial charge in [-0.15, -0.1) is 0 Å². The zero-order chi connectivity index (χ0) is 11.5. The van der Waals surface area contributed by atoms with Gasteiger partial charge in [0.25, 0.3) is 0 Å². The minimum atomic E-state index is -0.699. The molecule has 0 radical (unpaired) electrons. The molecular weight excluding hydrogens is 192 g/mol. The van der Waals surface area contributed by atoms with E-state index in [9.17, 15) is 9.90 Å². The highest BCUT2D eigenvalue weighted by Crippen LogP contribution is 2.70. The number of rotatable bonds is 1. The molecule has 0 spiro atoms. The van der Waals surface area contributed by atoms with Crippen LogP contribution in [0.2, 0.25) is 0 Å². The van der Waals surface area contributed by atoms with Crippen molar-refractivity contribution in [3.63, 3.8) is 0 Å². The summed E-state index contributed by atoms with van der Waals surface area (Å²) in [7, 11) is 0. The maximum atomic E-state index is 11.5. The zero-order valence-electron chi connectivity index (χ0n) is 9.50. The van der Waals surface area contributed by atoms with Gasteiger partial charge in [0, 0.05) is 17.5 Å². The highest BCUT2D eigenvalue weighted by Gasteiger charge is 2.71. The van der Waals surface area contributed by atoms with E-state index in [4.69, 9.17) is 5.84 Å². The second kappa shape index (κ2) is 2.54. The van der Waals surface area contributed by atoms with Crippen molar-refractivity contribution in [3.05, 3.63) is 0 Å². The molecule has 2 saturated carbocycles. The Morgan fingerprint density at radius 3 is 2.33 bits per heavy atom. The first-order valence-electron chi connectivity index (χ1n) is 5.32. The van der Waals surface area contributed by atoms with E-state index in [1.807, 2.05) is 13.8 Å². The molecule has 2 aliphatic carbocycles. The molecule has 2 atom stereocenters. The van der Waals surface area contributed by atoms with E-state index >= 15 is 0 Å². The van der Waals surface area contributed by atoms with Gasteiger partial charge in [-0.1, -0.05) is 20.8 Å². The van der Waals surface area contributed by atoms with Crippen LogP contribution < -0.4 is 5.84 Å². The van der Waals surface area contributed by atoms with Crippen LogP contribution in [0.15, 0.2) is 5.10 Å². The third kappa shape index (κ3) is 0.840. The van der Waals surface area contributed by atoms with Gasteiger partial charge >= 0.3 is 5.97 Å². The van der Waals surface area contributed by atoms with Gasteiger partial charge in [0.15, 0.2) is 0 Å². The predicted molar refractivity (Wildman–Crippen MR) is 57.4 cm³/mol. The molecule has 0 aromatic carbocycles. The second-order valence-electron chi connectivity index (χ2n) is 5.60. The van der Waals surface area contributed by atoms with Gasteiger partial charge in [-0.05, 0) is 18.3 Å². The number of carbonyl (C=O) groups is 1. The fourth-order valence-electron chi connectivity index (χ4n) is 3.55. The van der Waals surface area contributed by atoms with Crippen LogP contribution in [-0.2, 0) is 4.79 Å². The quantitative estimate of drug-likeness (QED) is 0.510. The molecule has 2 rings (SSSR count). The molecule has 0 aromatic heterocycles. The molecule has 3 N–H and O–H groups in total. The number of carboxylic acids is 1. The van der Waals surface area contributed by atoms with E-state index < -0.39 is 11.4 Å². The Balaban J connectivity index is 2.61. The van der Waals surface area contributed by atoms with Crippen molar-refractivity contribution in [3.8, 4) is 0 Å². The monoisotopic (exact) mass is 210 g/mol. The topological polar surface area (TPSA) is 75.7 Å². The average molecular weight is 210 g/mol. The van der Waals surface area contributed by atoms with Crippen molar-refractivity contribution in [2.45, 2.75) is 40.0 Å². The van der Waals surface area contributed by atoms with Crippen LogP contribution in [0, 0.1) is 16.2 Å². The molecule has 15 heavy (non-hydrogen) atoms. The minimum Gasteiger partial charge on any atom is -0.481 e. The maximum absolute atomic E-state index is 11.5. The smallest absolute Gasteiger partial charge is 0.310 e. The Hall–Kier alpha value is -1.06. The fraction of sp³-hybridized carbons (Fsp3) is 0.818. The molecule has 0 unspecified atom stereocenters. The average Bonchev–Trinajstić information content (AvgIpc) is 2.46. The maximum Gasteiger partial charge on any atom is 0.310 e. The van der Waals surface area contributed by atoms with Crippen LogP contribution in [-0.4, -0.2) is 16.8 Å². The SMILES string of the molecule is CC1(C)[C@@]2(C(=O)O)CC[C@@]1(C)/C(=N\N)C2. The Labute approximate surface area is 89.5 Å². The van der Waals surface area contributed by atoms with E-state index in [-0.39, 0.29) is 10.8 Å². The lowest BCUT2D eigenvalue weighted by Crippen LogP contribution is -2.40. The number of nitrogens with two attached hydrogens (primary N) is 1. The largest absolute Gasteiger partial charge is 0.481 e. The van der Waals surface area contributed by atoms with E-state index in [0.29, 0.717) is 6.42 Å². The highest BCUT2D eigenvalue weighted by atomic mass is 16.4. The number of carboxylic acid groups (broad SMARTS) is 1. The summed E-state index contributed by atoms with van der Waals surface area (Å²) in [4.78, 5) is 11.5. The van der Waals surface area contributed by atoms with E-state index in [1.54, 1.807) is 0 Å². The van der Waals surface area contributed by atoms with Gasteiger partial charge in [-0.2, -0.15) is 5.10 Å². The molecule has 2 fully saturated rings. The third-order valence-electron chi connectivity index (χ3n) is 5.30. The summed E-state index contributed by atoms with van der Waals surface area (Å²) in [6.07, 6.45) is 2.13. The summed E-state index contributed by atoms with van der Waals surface area (Å²) >= 11 is 0. The molecule has 0 aromatic rings. The van der Waals surface area contributed by atoms with Gasteiger partial charge in [0.1, 0.15) is 0 Å². The molecule has 0 heterocycles. The summed E-state index contributed by atoms with van der Waals surface area (Å²) in [5.41, 5.74) is -0.175. The van der Waals surface area contributed by atoms with E-state index in [1.165, 1.54) is 0 Å². The summed E-state index contributed by atoms with van der Waals surface area (Å²) in [5, 5.41) is 13.3. The number of nitrogens with zero attached hydrogens (tertiary/aromatic N) is 1.